The van der Waals surface area contributed by atoms with Gasteiger partial charge in [0.1, 0.15) is 5.15 Å². The summed E-state index contributed by atoms with van der Waals surface area (Å²) in [7, 11) is 0. The second-order valence-corrected chi connectivity index (χ2v) is 4.75. The molecule has 2 heterocycles. The Hall–Kier alpha value is -2.33. The van der Waals surface area contributed by atoms with Crippen molar-refractivity contribution in [2.45, 2.75) is 6.54 Å². The molecule has 4 nitrogen and oxygen atoms in total. The number of nitrogens with zero attached hydrogens (tertiary/aromatic N) is 3. The second-order valence-electron chi connectivity index (χ2n) is 4.36. The van der Waals surface area contributed by atoms with E-state index in [9.17, 15) is 0 Å². The first kappa shape index (κ1) is 12.7. The van der Waals surface area contributed by atoms with E-state index in [0.717, 1.165) is 17.9 Å². The molecule has 0 aliphatic rings. The van der Waals surface area contributed by atoms with E-state index in [2.05, 4.69) is 39.6 Å². The van der Waals surface area contributed by atoms with Crippen molar-refractivity contribution in [3.05, 3.63) is 72.0 Å². The van der Waals surface area contributed by atoms with E-state index in [-0.39, 0.29) is 0 Å². The number of anilines is 1. The van der Waals surface area contributed by atoms with Crippen LogP contribution in [0.1, 0.15) is 5.56 Å². The van der Waals surface area contributed by atoms with Crippen LogP contribution >= 0.6 is 11.6 Å². The minimum absolute atomic E-state index is 0.500. The number of halogens is 1. The van der Waals surface area contributed by atoms with Crippen LogP contribution in [0.4, 0.5) is 5.69 Å². The molecule has 0 bridgehead atoms. The maximum atomic E-state index is 5.75. The van der Waals surface area contributed by atoms with Gasteiger partial charge in [-0.15, -0.1) is 0 Å². The van der Waals surface area contributed by atoms with Gasteiger partial charge >= 0.3 is 0 Å². The molecule has 0 saturated carbocycles. The Morgan fingerprint density at radius 2 is 1.95 bits per heavy atom. The van der Waals surface area contributed by atoms with E-state index in [1.54, 1.807) is 24.8 Å². The molecule has 0 spiro atoms. The standard InChI is InChI=1S/C15H13ClN4/c16-15-6-3-13(10-19-15)18-9-12-1-4-14(5-2-12)20-8-7-17-11-20/h1-8,10-11,18H,9H2. The number of benzene rings is 1. The van der Waals surface area contributed by atoms with Gasteiger partial charge in [0.2, 0.25) is 0 Å². The van der Waals surface area contributed by atoms with Crippen LogP contribution in [0.5, 0.6) is 0 Å². The third kappa shape index (κ3) is 2.97. The van der Waals surface area contributed by atoms with Crippen LogP contribution in [0.2, 0.25) is 5.15 Å². The fourth-order valence-corrected chi connectivity index (χ4v) is 1.99. The fraction of sp³-hybridized carbons (Fsp3) is 0.0667. The molecule has 100 valence electrons. The van der Waals surface area contributed by atoms with E-state index < -0.39 is 0 Å². The maximum absolute atomic E-state index is 5.75. The monoisotopic (exact) mass is 284 g/mol. The molecule has 3 aromatic rings. The van der Waals surface area contributed by atoms with Crippen LogP contribution in [-0.4, -0.2) is 14.5 Å². The van der Waals surface area contributed by atoms with Gasteiger partial charge in [-0.25, -0.2) is 9.97 Å². The van der Waals surface area contributed by atoms with Crippen molar-refractivity contribution in [1.82, 2.24) is 14.5 Å². The zero-order valence-electron chi connectivity index (χ0n) is 10.7. The van der Waals surface area contributed by atoms with E-state index in [1.807, 2.05) is 16.8 Å². The summed E-state index contributed by atoms with van der Waals surface area (Å²) in [5.41, 5.74) is 3.25. The highest BCUT2D eigenvalue weighted by Gasteiger charge is 1.98. The number of pyridine rings is 1. The summed E-state index contributed by atoms with van der Waals surface area (Å²) in [4.78, 5) is 8.07. The Morgan fingerprint density at radius 1 is 1.10 bits per heavy atom. The highest BCUT2D eigenvalue weighted by atomic mass is 35.5. The highest BCUT2D eigenvalue weighted by molar-refractivity contribution is 6.29. The highest BCUT2D eigenvalue weighted by Crippen LogP contribution is 2.13. The van der Waals surface area contributed by atoms with Crippen LogP contribution in [0.3, 0.4) is 0 Å². The number of imidazole rings is 1. The number of rotatable bonds is 4. The first-order valence-electron chi connectivity index (χ1n) is 6.24. The number of hydrogen-bond acceptors (Lipinski definition) is 3. The van der Waals surface area contributed by atoms with Crippen LogP contribution in [0, 0.1) is 0 Å². The summed E-state index contributed by atoms with van der Waals surface area (Å²) < 4.78 is 1.97. The molecule has 20 heavy (non-hydrogen) atoms. The molecule has 0 radical (unpaired) electrons. The van der Waals surface area contributed by atoms with Crippen LogP contribution < -0.4 is 5.32 Å². The van der Waals surface area contributed by atoms with Crippen molar-refractivity contribution in [3.63, 3.8) is 0 Å². The molecule has 0 saturated heterocycles. The van der Waals surface area contributed by atoms with Gasteiger partial charge < -0.3 is 9.88 Å². The lowest BCUT2D eigenvalue weighted by atomic mass is 10.2. The fourth-order valence-electron chi connectivity index (χ4n) is 1.88. The predicted molar refractivity (Wildman–Crippen MR) is 80.1 cm³/mol. The molecule has 1 N–H and O–H groups in total. The molecule has 5 heteroatoms. The third-order valence-corrected chi connectivity index (χ3v) is 3.19. The molecular formula is C15H13ClN4. The normalized spacial score (nSPS) is 10.4. The van der Waals surface area contributed by atoms with Gasteiger partial charge in [-0.3, -0.25) is 0 Å². The Balaban J connectivity index is 1.65. The third-order valence-electron chi connectivity index (χ3n) is 2.96. The summed E-state index contributed by atoms with van der Waals surface area (Å²) in [6.07, 6.45) is 7.20. The average molecular weight is 285 g/mol. The van der Waals surface area contributed by atoms with Crippen molar-refractivity contribution in [1.29, 1.82) is 0 Å². The minimum atomic E-state index is 0.500. The Morgan fingerprint density at radius 3 is 2.60 bits per heavy atom. The summed E-state index contributed by atoms with van der Waals surface area (Å²) in [6.45, 7) is 0.744. The first-order valence-corrected chi connectivity index (χ1v) is 6.62. The Kier molecular flexibility index (Phi) is 3.65. The summed E-state index contributed by atoms with van der Waals surface area (Å²) >= 11 is 5.75. The molecule has 0 amide bonds. The molecule has 1 aromatic carbocycles. The molecule has 3 rings (SSSR count). The van der Waals surface area contributed by atoms with E-state index in [0.29, 0.717) is 5.15 Å². The first-order chi connectivity index (χ1) is 9.81. The molecule has 0 aliphatic carbocycles. The van der Waals surface area contributed by atoms with Gasteiger partial charge in [-0.05, 0) is 29.8 Å². The predicted octanol–water partition coefficient (Wildman–Crippen LogP) is 3.53. The summed E-state index contributed by atoms with van der Waals surface area (Å²) in [5, 5.41) is 3.80. The SMILES string of the molecule is Clc1ccc(NCc2ccc(-n3ccnc3)cc2)cn1. The van der Waals surface area contributed by atoms with Gasteiger partial charge in [0.05, 0.1) is 18.2 Å². The summed E-state index contributed by atoms with van der Waals surface area (Å²) in [5.74, 6) is 0. The Labute approximate surface area is 122 Å². The van der Waals surface area contributed by atoms with Crippen LogP contribution in [0.25, 0.3) is 5.69 Å². The largest absolute Gasteiger partial charge is 0.380 e. The van der Waals surface area contributed by atoms with Crippen molar-refractivity contribution in [2.75, 3.05) is 5.32 Å². The molecule has 2 aromatic heterocycles. The lowest BCUT2D eigenvalue weighted by molar-refractivity contribution is 1.05. The van der Waals surface area contributed by atoms with Gasteiger partial charge in [0.15, 0.2) is 0 Å². The average Bonchev–Trinajstić information content (AvgIpc) is 3.01. The smallest absolute Gasteiger partial charge is 0.129 e. The molecular weight excluding hydrogens is 272 g/mol. The van der Waals surface area contributed by atoms with E-state index in [1.165, 1.54) is 5.56 Å². The molecule has 0 atom stereocenters. The number of nitrogens with one attached hydrogen (secondary N) is 1. The van der Waals surface area contributed by atoms with Crippen molar-refractivity contribution in [3.8, 4) is 5.69 Å². The number of aromatic nitrogens is 3. The maximum Gasteiger partial charge on any atom is 0.129 e. The second kappa shape index (κ2) is 5.75. The zero-order valence-corrected chi connectivity index (χ0v) is 11.5. The van der Waals surface area contributed by atoms with Crippen LogP contribution in [-0.2, 0) is 6.54 Å². The van der Waals surface area contributed by atoms with Crippen molar-refractivity contribution >= 4 is 17.3 Å². The van der Waals surface area contributed by atoms with Crippen LogP contribution in [0.15, 0.2) is 61.3 Å². The molecule has 0 aliphatic heterocycles. The van der Waals surface area contributed by atoms with Gasteiger partial charge in [0, 0.05) is 24.6 Å². The van der Waals surface area contributed by atoms with E-state index >= 15 is 0 Å². The summed E-state index contributed by atoms with van der Waals surface area (Å²) in [6, 6.07) is 12.0. The van der Waals surface area contributed by atoms with Gasteiger partial charge in [-0.2, -0.15) is 0 Å². The molecule has 0 unspecified atom stereocenters. The van der Waals surface area contributed by atoms with Crippen molar-refractivity contribution < 1.29 is 0 Å². The lowest BCUT2D eigenvalue weighted by Crippen LogP contribution is -2.00. The lowest BCUT2D eigenvalue weighted by Gasteiger charge is -2.07. The molecule has 0 fully saturated rings. The van der Waals surface area contributed by atoms with E-state index in [4.69, 9.17) is 11.6 Å². The topological polar surface area (TPSA) is 42.7 Å². The van der Waals surface area contributed by atoms with Gasteiger partial charge in [0.25, 0.3) is 0 Å². The van der Waals surface area contributed by atoms with Crippen molar-refractivity contribution in [2.24, 2.45) is 0 Å². The minimum Gasteiger partial charge on any atom is -0.380 e. The zero-order chi connectivity index (χ0) is 13.8. The van der Waals surface area contributed by atoms with Gasteiger partial charge in [-0.1, -0.05) is 23.7 Å². The number of hydrogen-bond donors (Lipinski definition) is 1. The Bertz CT molecular complexity index is 660. The quantitative estimate of drug-likeness (QED) is 0.745.